The van der Waals surface area contributed by atoms with Crippen LogP contribution in [0.4, 0.5) is 0 Å². The monoisotopic (exact) mass is 392 g/mol. The summed E-state index contributed by atoms with van der Waals surface area (Å²) in [5, 5.41) is 10.1. The van der Waals surface area contributed by atoms with Crippen LogP contribution in [0.25, 0.3) is 6.08 Å². The Bertz CT molecular complexity index is 739. The summed E-state index contributed by atoms with van der Waals surface area (Å²) < 4.78 is 26.0. The lowest BCUT2D eigenvalue weighted by molar-refractivity contribution is -0.0494. The molecule has 0 aromatic heterocycles. The summed E-state index contributed by atoms with van der Waals surface area (Å²) in [6, 6.07) is 8.55. The van der Waals surface area contributed by atoms with Crippen molar-refractivity contribution in [3.05, 3.63) is 41.5 Å². The number of benzene rings is 1. The van der Waals surface area contributed by atoms with Gasteiger partial charge in [0.25, 0.3) is 0 Å². The summed E-state index contributed by atoms with van der Waals surface area (Å²) in [7, 11) is -3.24. The summed E-state index contributed by atoms with van der Waals surface area (Å²) >= 11 is 0. The van der Waals surface area contributed by atoms with Gasteiger partial charge in [0, 0.05) is 31.1 Å². The molecular formula is C21H32N2O3S. The molecule has 1 heterocycles. The van der Waals surface area contributed by atoms with Crippen LogP contribution < -0.4 is 4.72 Å². The van der Waals surface area contributed by atoms with Crippen LogP contribution in [-0.2, 0) is 10.0 Å². The molecule has 0 radical (unpaired) electrons. The van der Waals surface area contributed by atoms with E-state index in [1.807, 2.05) is 13.0 Å². The highest BCUT2D eigenvalue weighted by atomic mass is 32.2. The fourth-order valence-corrected chi connectivity index (χ4v) is 5.21. The molecule has 2 fully saturated rings. The van der Waals surface area contributed by atoms with E-state index in [0.717, 1.165) is 12.1 Å². The number of hydrogen-bond donors (Lipinski definition) is 2. The van der Waals surface area contributed by atoms with Crippen molar-refractivity contribution in [2.75, 3.05) is 26.0 Å². The summed E-state index contributed by atoms with van der Waals surface area (Å²) in [6.07, 6.45) is 10.3. The molecule has 27 heavy (non-hydrogen) atoms. The Kier molecular flexibility index (Phi) is 6.74. The van der Waals surface area contributed by atoms with E-state index in [4.69, 9.17) is 0 Å². The van der Waals surface area contributed by atoms with Crippen LogP contribution in [0.15, 0.2) is 30.3 Å². The normalized spacial score (nSPS) is 27.3. The minimum absolute atomic E-state index is 0.0597. The van der Waals surface area contributed by atoms with Crippen molar-refractivity contribution in [1.82, 2.24) is 9.62 Å². The van der Waals surface area contributed by atoms with Crippen LogP contribution in [0.3, 0.4) is 0 Å². The van der Waals surface area contributed by atoms with Crippen molar-refractivity contribution < 1.29 is 13.5 Å². The Morgan fingerprint density at radius 3 is 2.41 bits per heavy atom. The summed E-state index contributed by atoms with van der Waals surface area (Å²) in [5.74, 6) is 0.808. The number of nitrogens with zero attached hydrogens (tertiary/aromatic N) is 1. The quantitative estimate of drug-likeness (QED) is 0.713. The summed E-state index contributed by atoms with van der Waals surface area (Å²) in [5.41, 5.74) is 2.32. The second-order valence-corrected chi connectivity index (χ2v) is 9.81. The predicted molar refractivity (Wildman–Crippen MR) is 110 cm³/mol. The number of aliphatic hydroxyl groups excluding tert-OH is 1. The van der Waals surface area contributed by atoms with E-state index in [9.17, 15) is 13.5 Å². The van der Waals surface area contributed by atoms with E-state index in [1.54, 1.807) is 0 Å². The SMILES string of the molecule is C/C=C/c1ccc([C@H]2[C@@H](CO)N(CC3CCCC3)[C@H]2CNS(C)(=O)=O)cc1. The fourth-order valence-electron chi connectivity index (χ4n) is 4.74. The van der Waals surface area contributed by atoms with Gasteiger partial charge in [-0.2, -0.15) is 0 Å². The fraction of sp³-hybridized carbons (Fsp3) is 0.619. The highest BCUT2D eigenvalue weighted by molar-refractivity contribution is 7.88. The van der Waals surface area contributed by atoms with Crippen LogP contribution in [-0.4, -0.2) is 56.5 Å². The van der Waals surface area contributed by atoms with Gasteiger partial charge in [0.2, 0.25) is 10.0 Å². The van der Waals surface area contributed by atoms with Gasteiger partial charge >= 0.3 is 0 Å². The third-order valence-corrected chi connectivity index (χ3v) is 6.74. The molecular weight excluding hydrogens is 360 g/mol. The molecule has 3 atom stereocenters. The van der Waals surface area contributed by atoms with Gasteiger partial charge in [0.1, 0.15) is 0 Å². The second-order valence-electron chi connectivity index (χ2n) is 7.98. The third kappa shape index (κ3) is 4.99. The van der Waals surface area contributed by atoms with E-state index in [-0.39, 0.29) is 24.6 Å². The van der Waals surface area contributed by atoms with Gasteiger partial charge < -0.3 is 5.11 Å². The Labute approximate surface area is 163 Å². The molecule has 6 heteroatoms. The number of aliphatic hydroxyl groups is 1. The maximum Gasteiger partial charge on any atom is 0.208 e. The zero-order valence-corrected chi connectivity index (χ0v) is 17.2. The minimum Gasteiger partial charge on any atom is -0.395 e. The first-order valence-corrected chi connectivity index (χ1v) is 11.9. The van der Waals surface area contributed by atoms with Crippen molar-refractivity contribution in [3.63, 3.8) is 0 Å². The molecule has 1 saturated heterocycles. The standard InChI is InChI=1S/C21H32N2O3S/c1-3-6-16-9-11-18(12-10-16)21-19(13-22-27(2,25)26)23(20(21)15-24)14-17-7-4-5-8-17/h3,6,9-12,17,19-22,24H,4-5,7-8,13-15H2,1-2H3/b6-3+/t19-,20+,21+/m0/s1. The summed E-state index contributed by atoms with van der Waals surface area (Å²) in [4.78, 5) is 2.33. The zero-order chi connectivity index (χ0) is 19.4. The van der Waals surface area contributed by atoms with Gasteiger partial charge in [0.05, 0.1) is 12.9 Å². The molecule has 1 saturated carbocycles. The van der Waals surface area contributed by atoms with E-state index < -0.39 is 10.0 Å². The van der Waals surface area contributed by atoms with Gasteiger partial charge in [0.15, 0.2) is 0 Å². The first-order valence-electron chi connectivity index (χ1n) is 9.97. The second kappa shape index (κ2) is 8.86. The number of sulfonamides is 1. The van der Waals surface area contributed by atoms with Crippen molar-refractivity contribution in [2.45, 2.75) is 50.6 Å². The van der Waals surface area contributed by atoms with Crippen molar-refractivity contribution >= 4 is 16.1 Å². The zero-order valence-electron chi connectivity index (χ0n) is 16.3. The van der Waals surface area contributed by atoms with Crippen LogP contribution in [0.2, 0.25) is 0 Å². The Morgan fingerprint density at radius 1 is 1.19 bits per heavy atom. The van der Waals surface area contributed by atoms with Crippen molar-refractivity contribution in [2.24, 2.45) is 5.92 Å². The van der Waals surface area contributed by atoms with Crippen LogP contribution >= 0.6 is 0 Å². The number of likely N-dealkylation sites (tertiary alicyclic amines) is 1. The minimum atomic E-state index is -3.24. The molecule has 5 nitrogen and oxygen atoms in total. The maximum absolute atomic E-state index is 11.7. The number of hydrogen-bond acceptors (Lipinski definition) is 4. The highest BCUT2D eigenvalue weighted by Gasteiger charge is 2.49. The van der Waals surface area contributed by atoms with Crippen LogP contribution in [0.5, 0.6) is 0 Å². The molecule has 0 unspecified atom stereocenters. The van der Waals surface area contributed by atoms with Gasteiger partial charge in [-0.1, -0.05) is 49.3 Å². The topological polar surface area (TPSA) is 69.6 Å². The van der Waals surface area contributed by atoms with E-state index in [1.165, 1.54) is 37.5 Å². The third-order valence-electron chi connectivity index (χ3n) is 6.05. The molecule has 3 rings (SSSR count). The number of rotatable bonds is 8. The van der Waals surface area contributed by atoms with E-state index in [2.05, 4.69) is 40.0 Å². The average Bonchev–Trinajstić information content (AvgIpc) is 3.12. The largest absolute Gasteiger partial charge is 0.395 e. The van der Waals surface area contributed by atoms with Crippen LogP contribution in [0, 0.1) is 5.92 Å². The molecule has 2 N–H and O–H groups in total. The lowest BCUT2D eigenvalue weighted by Gasteiger charge is -2.56. The van der Waals surface area contributed by atoms with E-state index in [0.29, 0.717) is 12.5 Å². The Morgan fingerprint density at radius 2 is 1.85 bits per heavy atom. The molecule has 1 aliphatic heterocycles. The first-order chi connectivity index (χ1) is 12.9. The molecule has 150 valence electrons. The lowest BCUT2D eigenvalue weighted by Crippen LogP contribution is -2.67. The smallest absolute Gasteiger partial charge is 0.208 e. The molecule has 0 bridgehead atoms. The molecule has 1 aromatic carbocycles. The molecule has 1 aliphatic carbocycles. The molecule has 1 aromatic rings. The van der Waals surface area contributed by atoms with Gasteiger partial charge in [-0.05, 0) is 36.8 Å². The lowest BCUT2D eigenvalue weighted by atomic mass is 9.74. The number of nitrogens with one attached hydrogen (secondary N) is 1. The maximum atomic E-state index is 11.7. The Hall–Kier alpha value is -1.21. The molecule has 0 amide bonds. The molecule has 0 spiro atoms. The molecule has 2 aliphatic rings. The van der Waals surface area contributed by atoms with E-state index >= 15 is 0 Å². The average molecular weight is 393 g/mol. The predicted octanol–water partition coefficient (Wildman–Crippen LogP) is 2.59. The highest BCUT2D eigenvalue weighted by Crippen LogP contribution is 2.42. The van der Waals surface area contributed by atoms with Crippen LogP contribution in [0.1, 0.15) is 49.7 Å². The first kappa shape index (κ1) is 20.5. The van der Waals surface area contributed by atoms with Crippen molar-refractivity contribution in [1.29, 1.82) is 0 Å². The van der Waals surface area contributed by atoms with Gasteiger partial charge in [-0.15, -0.1) is 0 Å². The summed E-state index contributed by atoms with van der Waals surface area (Å²) in [6.45, 7) is 3.44. The number of allylic oxidation sites excluding steroid dienone is 1. The van der Waals surface area contributed by atoms with Gasteiger partial charge in [-0.25, -0.2) is 13.1 Å². The Balaban J connectivity index is 1.79. The van der Waals surface area contributed by atoms with Crippen molar-refractivity contribution in [3.8, 4) is 0 Å². The van der Waals surface area contributed by atoms with Gasteiger partial charge in [-0.3, -0.25) is 4.90 Å².